The van der Waals surface area contributed by atoms with Crippen LogP contribution < -0.4 is 15.1 Å². The molecule has 0 aliphatic carbocycles. The molecule has 1 amide bonds. The fourth-order valence-corrected chi connectivity index (χ4v) is 6.28. The Kier molecular flexibility index (Phi) is 8.13. The summed E-state index contributed by atoms with van der Waals surface area (Å²) in [5, 5.41) is 4.67. The molecule has 3 rings (SSSR count). The summed E-state index contributed by atoms with van der Waals surface area (Å²) in [6.45, 7) is 8.64. The van der Waals surface area contributed by atoms with Gasteiger partial charge in [0.15, 0.2) is 0 Å². The molecule has 1 fully saturated rings. The van der Waals surface area contributed by atoms with Crippen LogP contribution in [0.5, 0.6) is 0 Å². The second-order valence-electron chi connectivity index (χ2n) is 7.91. The average Bonchev–Trinajstić information content (AvgIpc) is 3.11. The Morgan fingerprint density at radius 1 is 1.16 bits per heavy atom. The number of aromatic nitrogens is 1. The fraction of sp³-hybridized carbons (Fsp3) is 0.545. The third-order valence-corrected chi connectivity index (χ3v) is 8.61. The number of nitrogens with zero attached hydrogens (tertiary/aromatic N) is 3. The molecule has 1 aliphatic rings. The third kappa shape index (κ3) is 5.41. The highest BCUT2D eigenvalue weighted by molar-refractivity contribution is 7.89. The van der Waals surface area contributed by atoms with Crippen molar-refractivity contribution < 1.29 is 13.2 Å². The SMILES string of the molecule is CCN(CC)c1ccc(S(=O)(=O)N2CCCCC2)cc1NC(=O)CCn1c(C)csc1=O. The minimum Gasteiger partial charge on any atom is -0.370 e. The zero-order valence-electron chi connectivity index (χ0n) is 19.0. The van der Waals surface area contributed by atoms with E-state index < -0.39 is 10.0 Å². The number of hydrogen-bond donors (Lipinski definition) is 1. The zero-order valence-corrected chi connectivity index (χ0v) is 20.6. The molecule has 2 aromatic rings. The number of hydrogen-bond acceptors (Lipinski definition) is 6. The first-order valence-electron chi connectivity index (χ1n) is 11.1. The highest BCUT2D eigenvalue weighted by atomic mass is 32.2. The number of anilines is 2. The minimum absolute atomic E-state index is 0.0891. The molecule has 32 heavy (non-hydrogen) atoms. The molecule has 1 aromatic heterocycles. The van der Waals surface area contributed by atoms with Gasteiger partial charge in [0.05, 0.1) is 16.3 Å². The standard InChI is InChI=1S/C22H32N4O4S2/c1-4-24(5-2)20-10-9-18(32(29,30)25-12-7-6-8-13-25)15-19(20)23-21(27)11-14-26-17(3)16-31-22(26)28/h9-10,15-16H,4-8,11-14H2,1-3H3,(H,23,27). The van der Waals surface area contributed by atoms with E-state index in [0.717, 1.165) is 55.1 Å². The first-order valence-corrected chi connectivity index (χ1v) is 13.4. The van der Waals surface area contributed by atoms with E-state index in [1.165, 1.54) is 4.31 Å². The monoisotopic (exact) mass is 480 g/mol. The number of thiazole rings is 1. The van der Waals surface area contributed by atoms with Crippen molar-refractivity contribution in [1.82, 2.24) is 8.87 Å². The van der Waals surface area contributed by atoms with Gasteiger partial charge in [-0.25, -0.2) is 8.42 Å². The Morgan fingerprint density at radius 2 is 1.84 bits per heavy atom. The van der Waals surface area contributed by atoms with E-state index >= 15 is 0 Å². The average molecular weight is 481 g/mol. The molecule has 1 aliphatic heterocycles. The number of piperidine rings is 1. The number of benzene rings is 1. The molecule has 1 saturated heterocycles. The lowest BCUT2D eigenvalue weighted by atomic mass is 10.2. The Balaban J connectivity index is 1.86. The molecule has 0 radical (unpaired) electrons. The van der Waals surface area contributed by atoms with E-state index in [4.69, 9.17) is 0 Å². The predicted molar refractivity (Wildman–Crippen MR) is 129 cm³/mol. The smallest absolute Gasteiger partial charge is 0.307 e. The molecule has 0 bridgehead atoms. The van der Waals surface area contributed by atoms with Crippen LogP contribution in [0.4, 0.5) is 11.4 Å². The predicted octanol–water partition coefficient (Wildman–Crippen LogP) is 3.27. The van der Waals surface area contributed by atoms with Crippen molar-refractivity contribution in [3.8, 4) is 0 Å². The maximum absolute atomic E-state index is 13.2. The van der Waals surface area contributed by atoms with Gasteiger partial charge in [-0.05, 0) is 51.8 Å². The second kappa shape index (κ2) is 10.6. The van der Waals surface area contributed by atoms with Crippen LogP contribution in [0.1, 0.15) is 45.2 Å². The summed E-state index contributed by atoms with van der Waals surface area (Å²) in [5.74, 6) is -0.261. The molecule has 0 atom stereocenters. The summed E-state index contributed by atoms with van der Waals surface area (Å²) < 4.78 is 29.4. The molecule has 176 valence electrons. The van der Waals surface area contributed by atoms with Gasteiger partial charge in [0.25, 0.3) is 0 Å². The van der Waals surface area contributed by atoms with Gasteiger partial charge in [0, 0.05) is 50.2 Å². The van der Waals surface area contributed by atoms with E-state index in [9.17, 15) is 18.0 Å². The van der Waals surface area contributed by atoms with Crippen molar-refractivity contribution >= 4 is 38.6 Å². The first-order chi connectivity index (χ1) is 15.3. The lowest BCUT2D eigenvalue weighted by Crippen LogP contribution is -2.35. The fourth-order valence-electron chi connectivity index (χ4n) is 3.97. The van der Waals surface area contributed by atoms with Crippen molar-refractivity contribution in [3.63, 3.8) is 0 Å². The molecule has 0 saturated carbocycles. The van der Waals surface area contributed by atoms with Gasteiger partial charge < -0.3 is 14.8 Å². The van der Waals surface area contributed by atoms with E-state index in [1.807, 2.05) is 20.8 Å². The Hall–Kier alpha value is -2.17. The third-order valence-electron chi connectivity index (χ3n) is 5.84. The Bertz CT molecular complexity index is 1100. The highest BCUT2D eigenvalue weighted by Crippen LogP contribution is 2.31. The number of amides is 1. The van der Waals surface area contributed by atoms with E-state index in [0.29, 0.717) is 18.8 Å². The van der Waals surface area contributed by atoms with Crippen molar-refractivity contribution in [1.29, 1.82) is 0 Å². The number of carbonyl (C=O) groups is 1. The van der Waals surface area contributed by atoms with Gasteiger partial charge in [-0.2, -0.15) is 4.31 Å². The number of carbonyl (C=O) groups excluding carboxylic acids is 1. The number of aryl methyl sites for hydroxylation is 1. The molecule has 1 aromatic carbocycles. The summed E-state index contributed by atoms with van der Waals surface area (Å²) in [6, 6.07) is 4.96. The number of sulfonamides is 1. The van der Waals surface area contributed by atoms with Gasteiger partial charge in [0.2, 0.25) is 15.9 Å². The summed E-state index contributed by atoms with van der Waals surface area (Å²) >= 11 is 1.11. The van der Waals surface area contributed by atoms with Gasteiger partial charge in [-0.15, -0.1) is 0 Å². The topological polar surface area (TPSA) is 91.7 Å². The van der Waals surface area contributed by atoms with Crippen LogP contribution in [-0.4, -0.2) is 49.4 Å². The number of nitrogens with one attached hydrogen (secondary N) is 1. The van der Waals surface area contributed by atoms with Crippen LogP contribution >= 0.6 is 11.3 Å². The van der Waals surface area contributed by atoms with Crippen LogP contribution in [0.25, 0.3) is 0 Å². The maximum atomic E-state index is 13.2. The Labute approximate surface area is 193 Å². The van der Waals surface area contributed by atoms with Crippen molar-refractivity contribution in [2.45, 2.75) is 57.9 Å². The molecule has 0 unspecified atom stereocenters. The van der Waals surface area contributed by atoms with Gasteiger partial charge in [-0.3, -0.25) is 9.59 Å². The Morgan fingerprint density at radius 3 is 2.44 bits per heavy atom. The molecule has 1 N–H and O–H groups in total. The van der Waals surface area contributed by atoms with Crippen molar-refractivity contribution in [2.75, 3.05) is 36.4 Å². The number of rotatable bonds is 9. The molecule has 0 spiro atoms. The van der Waals surface area contributed by atoms with Crippen LogP contribution in [0.15, 0.2) is 33.3 Å². The van der Waals surface area contributed by atoms with Crippen LogP contribution in [0, 0.1) is 6.92 Å². The van der Waals surface area contributed by atoms with Crippen molar-refractivity contribution in [2.24, 2.45) is 0 Å². The highest BCUT2D eigenvalue weighted by Gasteiger charge is 2.27. The zero-order chi connectivity index (χ0) is 23.3. The molecule has 10 heteroatoms. The normalized spacial score (nSPS) is 15.0. The largest absolute Gasteiger partial charge is 0.370 e. The van der Waals surface area contributed by atoms with E-state index in [2.05, 4.69) is 10.2 Å². The van der Waals surface area contributed by atoms with Gasteiger partial charge in [-0.1, -0.05) is 17.8 Å². The van der Waals surface area contributed by atoms with Gasteiger partial charge in [0.1, 0.15) is 0 Å². The lowest BCUT2D eigenvalue weighted by molar-refractivity contribution is -0.116. The van der Waals surface area contributed by atoms with Crippen LogP contribution in [0.2, 0.25) is 0 Å². The molecule has 2 heterocycles. The van der Waals surface area contributed by atoms with Crippen molar-refractivity contribution in [3.05, 3.63) is 38.9 Å². The molecular formula is C22H32N4O4S2. The minimum atomic E-state index is -3.62. The lowest BCUT2D eigenvalue weighted by Gasteiger charge is -2.28. The van der Waals surface area contributed by atoms with E-state index in [-0.39, 0.29) is 28.6 Å². The summed E-state index contributed by atoms with van der Waals surface area (Å²) in [5.41, 5.74) is 2.09. The van der Waals surface area contributed by atoms with Crippen LogP contribution in [0.3, 0.4) is 0 Å². The summed E-state index contributed by atoms with van der Waals surface area (Å²) in [4.78, 5) is 26.8. The summed E-state index contributed by atoms with van der Waals surface area (Å²) in [7, 11) is -3.62. The van der Waals surface area contributed by atoms with Crippen LogP contribution in [-0.2, 0) is 21.4 Å². The molecule has 8 nitrogen and oxygen atoms in total. The first kappa shape index (κ1) is 24.5. The van der Waals surface area contributed by atoms with E-state index in [1.54, 1.807) is 28.1 Å². The molecular weight excluding hydrogens is 448 g/mol. The quantitative estimate of drug-likeness (QED) is 0.595. The maximum Gasteiger partial charge on any atom is 0.307 e. The summed E-state index contributed by atoms with van der Waals surface area (Å²) in [6.07, 6.45) is 2.89. The van der Waals surface area contributed by atoms with Gasteiger partial charge >= 0.3 is 4.87 Å². The second-order valence-corrected chi connectivity index (χ2v) is 10.7.